The Bertz CT molecular complexity index is 406. The van der Waals surface area contributed by atoms with Crippen LogP contribution in [-0.4, -0.2) is 9.78 Å². The van der Waals surface area contributed by atoms with E-state index in [1.165, 1.54) is 12.1 Å². The molecule has 1 aromatic carbocycles. The lowest BCUT2D eigenvalue weighted by atomic mass is 10.2. The summed E-state index contributed by atoms with van der Waals surface area (Å²) in [5, 5.41) is 4.71. The summed E-state index contributed by atoms with van der Waals surface area (Å²) in [6.07, 6.45) is 2.75. The second-order valence-corrected chi connectivity index (χ2v) is 2.59. The van der Waals surface area contributed by atoms with Gasteiger partial charge in [0.2, 0.25) is 0 Å². The summed E-state index contributed by atoms with van der Waals surface area (Å²) in [7, 11) is 0. The molecular formula is C9H8FN2. The molecule has 0 aliphatic carbocycles. The number of fused-ring (bicyclic) bond motifs is 1. The molecule has 1 radical (unpaired) electrons. The van der Waals surface area contributed by atoms with Gasteiger partial charge in [0.15, 0.2) is 0 Å². The van der Waals surface area contributed by atoms with E-state index < -0.39 is 0 Å². The van der Waals surface area contributed by atoms with Crippen LogP contribution in [0.1, 0.15) is 6.92 Å². The maximum Gasteiger partial charge on any atom is 0.124 e. The van der Waals surface area contributed by atoms with Crippen LogP contribution in [0.5, 0.6) is 0 Å². The number of rotatable bonds is 1. The molecule has 0 saturated heterocycles. The molecule has 2 nitrogen and oxygen atoms in total. The third-order valence-corrected chi connectivity index (χ3v) is 1.83. The van der Waals surface area contributed by atoms with Crippen molar-refractivity contribution in [3.63, 3.8) is 0 Å². The Balaban J connectivity index is 2.73. The Morgan fingerprint density at radius 1 is 1.58 bits per heavy atom. The van der Waals surface area contributed by atoms with E-state index in [0.29, 0.717) is 0 Å². The van der Waals surface area contributed by atoms with Crippen molar-refractivity contribution in [2.75, 3.05) is 0 Å². The first-order valence-corrected chi connectivity index (χ1v) is 3.85. The summed E-state index contributed by atoms with van der Waals surface area (Å²) in [6, 6.07) is 4.59. The molecule has 3 heteroatoms. The maximum atomic E-state index is 12.7. The van der Waals surface area contributed by atoms with Crippen molar-refractivity contribution in [3.05, 3.63) is 30.2 Å². The van der Waals surface area contributed by atoms with Gasteiger partial charge in [0.25, 0.3) is 0 Å². The summed E-state index contributed by atoms with van der Waals surface area (Å²) in [4.78, 5) is 0. The second kappa shape index (κ2) is 2.59. The monoisotopic (exact) mass is 163 g/mol. The average Bonchev–Trinajstić information content (AvgIpc) is 2.46. The minimum atomic E-state index is -0.241. The van der Waals surface area contributed by atoms with Gasteiger partial charge < -0.3 is 0 Å². The number of nitrogens with zero attached hydrogens (tertiary/aromatic N) is 2. The number of hydrogen-bond acceptors (Lipinski definition) is 1. The molecule has 0 aliphatic heterocycles. The summed E-state index contributed by atoms with van der Waals surface area (Å²) >= 11 is 0. The number of halogens is 1. The molecule has 1 aromatic heterocycles. The quantitative estimate of drug-likeness (QED) is 0.628. The standard InChI is InChI=1S/C9H8FN2/c1-2-12-9-4-3-8(10)5-7(9)6-11-12/h3-5H,2H2,1H3. The Morgan fingerprint density at radius 3 is 3.17 bits per heavy atom. The van der Waals surface area contributed by atoms with Gasteiger partial charge in [-0.2, -0.15) is 5.10 Å². The molecule has 1 heterocycles. The Hall–Kier alpha value is -1.38. The second-order valence-electron chi connectivity index (χ2n) is 2.59. The SMILES string of the molecule is CCn1n[c]c2cc(F)ccc21. The molecule has 0 bridgehead atoms. The number of benzene rings is 1. The molecule has 0 unspecified atom stereocenters. The summed E-state index contributed by atoms with van der Waals surface area (Å²) < 4.78 is 14.5. The van der Waals surface area contributed by atoms with Crippen LogP contribution in [0, 0.1) is 12.0 Å². The van der Waals surface area contributed by atoms with E-state index >= 15 is 0 Å². The van der Waals surface area contributed by atoms with Gasteiger partial charge >= 0.3 is 0 Å². The zero-order chi connectivity index (χ0) is 8.55. The zero-order valence-corrected chi connectivity index (χ0v) is 6.71. The molecule has 2 aromatic rings. The molecule has 61 valence electrons. The topological polar surface area (TPSA) is 17.8 Å². The summed E-state index contributed by atoms with van der Waals surface area (Å²) in [5.41, 5.74) is 0.930. The van der Waals surface area contributed by atoms with Gasteiger partial charge in [-0.1, -0.05) is 0 Å². The van der Waals surface area contributed by atoms with Gasteiger partial charge in [-0.25, -0.2) is 4.39 Å². The maximum absolute atomic E-state index is 12.7. The zero-order valence-electron chi connectivity index (χ0n) is 6.71. The van der Waals surface area contributed by atoms with Gasteiger partial charge in [0, 0.05) is 11.9 Å². The van der Waals surface area contributed by atoms with Crippen LogP contribution in [0.25, 0.3) is 10.9 Å². The van der Waals surface area contributed by atoms with Gasteiger partial charge in [-0.05, 0) is 25.1 Å². The van der Waals surface area contributed by atoms with Crippen LogP contribution in [-0.2, 0) is 6.54 Å². The molecule has 0 amide bonds. The Labute approximate surface area is 69.6 Å². The molecule has 0 fully saturated rings. The highest BCUT2D eigenvalue weighted by Crippen LogP contribution is 2.13. The lowest BCUT2D eigenvalue weighted by Gasteiger charge is -1.96. The molecule has 0 N–H and O–H groups in total. The first-order chi connectivity index (χ1) is 5.81. The van der Waals surface area contributed by atoms with Crippen LogP contribution in [0.4, 0.5) is 4.39 Å². The highest BCUT2D eigenvalue weighted by molar-refractivity contribution is 5.77. The van der Waals surface area contributed by atoms with Crippen molar-refractivity contribution in [1.29, 1.82) is 0 Å². The van der Waals surface area contributed by atoms with Crippen molar-refractivity contribution in [2.45, 2.75) is 13.5 Å². The van der Waals surface area contributed by atoms with Gasteiger partial charge in [0.1, 0.15) is 12.0 Å². The smallest absolute Gasteiger partial charge is 0.124 e. The van der Waals surface area contributed by atoms with E-state index in [-0.39, 0.29) is 5.82 Å². The van der Waals surface area contributed by atoms with Crippen molar-refractivity contribution in [2.24, 2.45) is 0 Å². The van der Waals surface area contributed by atoms with E-state index in [2.05, 4.69) is 11.3 Å². The predicted octanol–water partition coefficient (Wildman–Crippen LogP) is 2.00. The third kappa shape index (κ3) is 0.978. The predicted molar refractivity (Wildman–Crippen MR) is 44.2 cm³/mol. The van der Waals surface area contributed by atoms with Crippen LogP contribution < -0.4 is 0 Å². The first kappa shape index (κ1) is 7.28. The largest absolute Gasteiger partial charge is 0.264 e. The van der Waals surface area contributed by atoms with Crippen molar-refractivity contribution in [1.82, 2.24) is 9.78 Å². The Morgan fingerprint density at radius 2 is 2.42 bits per heavy atom. The van der Waals surface area contributed by atoms with Crippen LogP contribution in [0.2, 0.25) is 0 Å². The molecule has 0 atom stereocenters. The van der Waals surface area contributed by atoms with Crippen molar-refractivity contribution >= 4 is 10.9 Å². The van der Waals surface area contributed by atoms with Gasteiger partial charge in [0.05, 0.1) is 5.52 Å². The minimum absolute atomic E-state index is 0.241. The van der Waals surface area contributed by atoms with E-state index in [0.717, 1.165) is 17.4 Å². The minimum Gasteiger partial charge on any atom is -0.264 e. The normalized spacial score (nSPS) is 10.8. The van der Waals surface area contributed by atoms with E-state index in [9.17, 15) is 4.39 Å². The molecule has 0 spiro atoms. The van der Waals surface area contributed by atoms with Crippen LogP contribution in [0.15, 0.2) is 18.2 Å². The highest BCUT2D eigenvalue weighted by atomic mass is 19.1. The summed E-state index contributed by atoms with van der Waals surface area (Å²) in [6.45, 7) is 2.77. The van der Waals surface area contributed by atoms with E-state index in [4.69, 9.17) is 0 Å². The van der Waals surface area contributed by atoms with Crippen molar-refractivity contribution < 1.29 is 4.39 Å². The summed E-state index contributed by atoms with van der Waals surface area (Å²) in [5.74, 6) is -0.241. The lowest BCUT2D eigenvalue weighted by Crippen LogP contribution is -1.94. The third-order valence-electron chi connectivity index (χ3n) is 1.83. The first-order valence-electron chi connectivity index (χ1n) is 3.85. The number of aromatic nitrogens is 2. The average molecular weight is 163 g/mol. The van der Waals surface area contributed by atoms with Crippen LogP contribution >= 0.6 is 0 Å². The molecule has 0 saturated carbocycles. The van der Waals surface area contributed by atoms with Crippen molar-refractivity contribution in [3.8, 4) is 0 Å². The number of hydrogen-bond donors (Lipinski definition) is 0. The fourth-order valence-electron chi connectivity index (χ4n) is 1.23. The Kier molecular flexibility index (Phi) is 1.57. The van der Waals surface area contributed by atoms with Gasteiger partial charge in [-0.15, -0.1) is 0 Å². The van der Waals surface area contributed by atoms with Crippen LogP contribution in [0.3, 0.4) is 0 Å². The molecular weight excluding hydrogens is 155 g/mol. The van der Waals surface area contributed by atoms with Gasteiger partial charge in [-0.3, -0.25) is 4.68 Å². The highest BCUT2D eigenvalue weighted by Gasteiger charge is 2.01. The molecule has 2 rings (SSSR count). The number of aryl methyl sites for hydroxylation is 1. The fraction of sp³-hybridized carbons (Fsp3) is 0.222. The van der Waals surface area contributed by atoms with E-state index in [1.54, 1.807) is 10.7 Å². The lowest BCUT2D eigenvalue weighted by molar-refractivity contribution is 0.629. The molecule has 12 heavy (non-hydrogen) atoms. The molecule has 0 aliphatic rings. The fourth-order valence-corrected chi connectivity index (χ4v) is 1.23. The van der Waals surface area contributed by atoms with E-state index in [1.807, 2.05) is 6.92 Å².